The summed E-state index contributed by atoms with van der Waals surface area (Å²) in [6, 6.07) is 16.1. The molecule has 1 N–H and O–H groups in total. The van der Waals surface area contributed by atoms with E-state index in [-0.39, 0.29) is 17.2 Å². The van der Waals surface area contributed by atoms with E-state index < -0.39 is 5.25 Å². The highest BCUT2D eigenvalue weighted by atomic mass is 32.2. The van der Waals surface area contributed by atoms with Crippen LogP contribution < -0.4 is 10.9 Å². The summed E-state index contributed by atoms with van der Waals surface area (Å²) in [7, 11) is 0. The summed E-state index contributed by atoms with van der Waals surface area (Å²) in [5.41, 5.74) is 2.69. The maximum absolute atomic E-state index is 13.5. The van der Waals surface area contributed by atoms with Gasteiger partial charge in [0.1, 0.15) is 4.83 Å². The number of carbonyl (C=O) groups excluding carboxylic acids is 2. The Morgan fingerprint density at radius 3 is 2.36 bits per heavy atom. The molecule has 0 radical (unpaired) electrons. The molecule has 2 aromatic heterocycles. The quantitative estimate of drug-likeness (QED) is 0.229. The van der Waals surface area contributed by atoms with Gasteiger partial charge in [0.05, 0.1) is 16.3 Å². The first-order chi connectivity index (χ1) is 15.8. The van der Waals surface area contributed by atoms with Crippen molar-refractivity contribution in [2.75, 3.05) is 5.32 Å². The molecule has 2 heterocycles. The van der Waals surface area contributed by atoms with Gasteiger partial charge in [-0.05, 0) is 69.7 Å². The van der Waals surface area contributed by atoms with Crippen LogP contribution in [0.25, 0.3) is 15.9 Å². The normalized spacial score (nSPS) is 12.0. The predicted molar refractivity (Wildman–Crippen MR) is 135 cm³/mol. The van der Waals surface area contributed by atoms with Gasteiger partial charge in [0, 0.05) is 16.1 Å². The molecule has 0 saturated heterocycles. The SMILES string of the molecule is CC(=O)c1ccc(NC(=O)[C@H](C)Sc2nc3sc(C)c(C)c3c(=O)n2-c2ccccc2)cc1. The van der Waals surface area contributed by atoms with E-state index in [1.54, 1.807) is 35.8 Å². The molecule has 8 heteroatoms. The number of ketones is 1. The Hall–Kier alpha value is -3.23. The zero-order valence-corrected chi connectivity index (χ0v) is 20.3. The molecule has 6 nitrogen and oxygen atoms in total. The third-order valence-corrected chi connectivity index (χ3v) is 7.55. The van der Waals surface area contributed by atoms with Crippen LogP contribution in [-0.4, -0.2) is 26.5 Å². The highest BCUT2D eigenvalue weighted by Gasteiger charge is 2.22. The summed E-state index contributed by atoms with van der Waals surface area (Å²) in [5.74, 6) is -0.251. The zero-order chi connectivity index (χ0) is 23.7. The largest absolute Gasteiger partial charge is 0.325 e. The number of aryl methyl sites for hydroxylation is 2. The molecule has 0 aliphatic rings. The molecule has 0 saturated carbocycles. The zero-order valence-electron chi connectivity index (χ0n) is 18.7. The number of anilines is 1. The number of fused-ring (bicyclic) bond motifs is 1. The summed E-state index contributed by atoms with van der Waals surface area (Å²) in [6.45, 7) is 7.20. The van der Waals surface area contributed by atoms with Gasteiger partial charge in [-0.2, -0.15) is 0 Å². The second kappa shape index (κ2) is 9.33. The molecule has 4 aromatic rings. The van der Waals surface area contributed by atoms with Crippen LogP contribution in [0.5, 0.6) is 0 Å². The monoisotopic (exact) mass is 477 g/mol. The molecule has 0 aliphatic heterocycles. The minimum Gasteiger partial charge on any atom is -0.325 e. The maximum Gasteiger partial charge on any atom is 0.267 e. The summed E-state index contributed by atoms with van der Waals surface area (Å²) >= 11 is 2.72. The van der Waals surface area contributed by atoms with Crippen molar-refractivity contribution in [2.45, 2.75) is 38.1 Å². The van der Waals surface area contributed by atoms with Gasteiger partial charge in [-0.1, -0.05) is 30.0 Å². The van der Waals surface area contributed by atoms with Gasteiger partial charge >= 0.3 is 0 Å². The Morgan fingerprint density at radius 2 is 1.73 bits per heavy atom. The lowest BCUT2D eigenvalue weighted by Gasteiger charge is -2.16. The van der Waals surface area contributed by atoms with Gasteiger partial charge in [-0.25, -0.2) is 4.98 Å². The van der Waals surface area contributed by atoms with Crippen LogP contribution in [0.4, 0.5) is 5.69 Å². The number of aromatic nitrogens is 2. The lowest BCUT2D eigenvalue weighted by atomic mass is 10.1. The average Bonchev–Trinajstić information content (AvgIpc) is 3.08. The van der Waals surface area contributed by atoms with E-state index in [4.69, 9.17) is 4.98 Å². The van der Waals surface area contributed by atoms with Gasteiger partial charge < -0.3 is 5.32 Å². The van der Waals surface area contributed by atoms with Gasteiger partial charge in [0.2, 0.25) is 5.91 Å². The molecule has 0 aliphatic carbocycles. The van der Waals surface area contributed by atoms with Gasteiger partial charge in [-0.3, -0.25) is 19.0 Å². The smallest absolute Gasteiger partial charge is 0.267 e. The van der Waals surface area contributed by atoms with Crippen LogP contribution in [0.1, 0.15) is 34.6 Å². The summed E-state index contributed by atoms with van der Waals surface area (Å²) in [5, 5.41) is 3.44. The molecule has 1 atom stereocenters. The maximum atomic E-state index is 13.5. The van der Waals surface area contributed by atoms with Crippen molar-refractivity contribution in [3.63, 3.8) is 0 Å². The molecule has 1 amide bonds. The van der Waals surface area contributed by atoms with Gasteiger partial charge in [-0.15, -0.1) is 11.3 Å². The number of carbonyl (C=O) groups is 2. The van der Waals surface area contributed by atoms with Crippen LogP contribution in [0.15, 0.2) is 64.5 Å². The molecule has 0 fully saturated rings. The highest BCUT2D eigenvalue weighted by Crippen LogP contribution is 2.31. The lowest BCUT2D eigenvalue weighted by molar-refractivity contribution is -0.115. The first-order valence-corrected chi connectivity index (χ1v) is 12.1. The van der Waals surface area contributed by atoms with Crippen molar-refractivity contribution in [3.05, 3.63) is 81.0 Å². The summed E-state index contributed by atoms with van der Waals surface area (Å²) in [6.07, 6.45) is 0. The number of hydrogen-bond acceptors (Lipinski definition) is 6. The van der Waals surface area contributed by atoms with Crippen molar-refractivity contribution in [1.82, 2.24) is 9.55 Å². The molecule has 4 rings (SSSR count). The third kappa shape index (κ3) is 4.62. The fraction of sp³-hybridized carbons (Fsp3) is 0.200. The number of nitrogens with zero attached hydrogens (tertiary/aromatic N) is 2. The van der Waals surface area contributed by atoms with Gasteiger partial charge in [0.15, 0.2) is 10.9 Å². The van der Waals surface area contributed by atoms with Crippen molar-refractivity contribution in [2.24, 2.45) is 0 Å². The van der Waals surface area contributed by atoms with E-state index in [0.29, 0.717) is 32.3 Å². The number of nitrogens with one attached hydrogen (secondary N) is 1. The van der Waals surface area contributed by atoms with Crippen LogP contribution in [-0.2, 0) is 4.79 Å². The van der Waals surface area contributed by atoms with E-state index in [0.717, 1.165) is 10.4 Å². The molecular formula is C25H23N3O3S2. The van der Waals surface area contributed by atoms with Gasteiger partial charge in [0.25, 0.3) is 5.56 Å². The fourth-order valence-corrected chi connectivity index (χ4v) is 5.40. The molecule has 2 aromatic carbocycles. The summed E-state index contributed by atoms with van der Waals surface area (Å²) < 4.78 is 1.58. The number of thiophene rings is 1. The van der Waals surface area contributed by atoms with Crippen molar-refractivity contribution in [3.8, 4) is 5.69 Å². The fourth-order valence-electron chi connectivity index (χ4n) is 3.40. The number of hydrogen-bond donors (Lipinski definition) is 1. The van der Waals surface area contributed by atoms with Crippen LogP contribution in [0.3, 0.4) is 0 Å². The number of amides is 1. The Balaban J connectivity index is 1.68. The van der Waals surface area contributed by atoms with Crippen LogP contribution >= 0.6 is 23.1 Å². The number of thioether (sulfide) groups is 1. The minimum atomic E-state index is -0.515. The number of para-hydroxylation sites is 1. The Morgan fingerprint density at radius 1 is 1.06 bits per heavy atom. The average molecular weight is 478 g/mol. The second-order valence-electron chi connectivity index (χ2n) is 7.72. The third-order valence-electron chi connectivity index (χ3n) is 5.40. The minimum absolute atomic E-state index is 0.0313. The van der Waals surface area contributed by atoms with E-state index >= 15 is 0 Å². The number of benzene rings is 2. The number of Topliss-reactive ketones (excluding diaryl/α,β-unsaturated/α-hetero) is 1. The van der Waals surface area contributed by atoms with Crippen molar-refractivity contribution < 1.29 is 9.59 Å². The predicted octanol–water partition coefficient (Wildman–Crippen LogP) is 5.39. The van der Waals surface area contributed by atoms with Crippen LogP contribution in [0.2, 0.25) is 0 Å². The molecule has 0 bridgehead atoms. The van der Waals surface area contributed by atoms with Crippen molar-refractivity contribution in [1.29, 1.82) is 0 Å². The molecule has 168 valence electrons. The van der Waals surface area contributed by atoms with Crippen molar-refractivity contribution >= 4 is 50.7 Å². The Labute approximate surface area is 199 Å². The number of rotatable bonds is 6. The Kier molecular flexibility index (Phi) is 6.49. The molecule has 0 unspecified atom stereocenters. The standard InChI is InChI=1S/C25H23N3O3S2/c1-14-16(3)32-23-21(14)24(31)28(20-8-6-5-7-9-20)25(27-23)33-17(4)22(30)26-19-12-10-18(11-13-19)15(2)29/h5-13,17H,1-4H3,(H,26,30)/t17-/m0/s1. The topological polar surface area (TPSA) is 81.1 Å². The molecule has 0 spiro atoms. The Bertz CT molecular complexity index is 1410. The second-order valence-corrected chi connectivity index (χ2v) is 10.2. The highest BCUT2D eigenvalue weighted by molar-refractivity contribution is 8.00. The molecule has 33 heavy (non-hydrogen) atoms. The van der Waals surface area contributed by atoms with Crippen LogP contribution in [0, 0.1) is 13.8 Å². The lowest BCUT2D eigenvalue weighted by Crippen LogP contribution is -2.26. The first kappa shape index (κ1) is 22.9. The van der Waals surface area contributed by atoms with E-state index in [1.807, 2.05) is 44.2 Å². The van der Waals surface area contributed by atoms with E-state index in [2.05, 4.69) is 5.32 Å². The first-order valence-electron chi connectivity index (χ1n) is 10.4. The van der Waals surface area contributed by atoms with E-state index in [1.165, 1.54) is 30.0 Å². The summed E-state index contributed by atoms with van der Waals surface area (Å²) in [4.78, 5) is 44.3. The molecular weight excluding hydrogens is 454 g/mol. The van der Waals surface area contributed by atoms with E-state index in [9.17, 15) is 14.4 Å².